The predicted octanol–water partition coefficient (Wildman–Crippen LogP) is 3.08. The largest absolute Gasteiger partial charge is 0.376 e. The number of rotatable bonds is 5. The Morgan fingerprint density at radius 3 is 3.00 bits per heavy atom. The zero-order valence-electron chi connectivity index (χ0n) is 15.4. The molecule has 2 aliphatic heterocycles. The highest BCUT2D eigenvalue weighted by Gasteiger charge is 2.54. The van der Waals surface area contributed by atoms with E-state index in [0.29, 0.717) is 32.2 Å². The minimum absolute atomic E-state index is 0.173. The topological polar surface area (TPSA) is 51.7 Å². The number of fused-ring (bicyclic) bond motifs is 1. The van der Waals surface area contributed by atoms with E-state index in [2.05, 4.69) is 11.1 Å². The first-order chi connectivity index (χ1) is 13.2. The third-order valence-corrected chi connectivity index (χ3v) is 7.32. The third kappa shape index (κ3) is 3.20. The number of carbonyl (C=O) groups is 1. The van der Waals surface area contributed by atoms with Crippen LogP contribution < -0.4 is 0 Å². The fraction of sp³-hybridized carbons (Fsp3) is 0.524. The summed E-state index contributed by atoms with van der Waals surface area (Å²) in [6, 6.07) is 6.07. The lowest BCUT2D eigenvalue weighted by molar-refractivity contribution is -0.128. The second kappa shape index (κ2) is 7.00. The highest BCUT2D eigenvalue weighted by Crippen LogP contribution is 2.41. The van der Waals surface area contributed by atoms with Crippen LogP contribution in [0.1, 0.15) is 38.5 Å². The summed E-state index contributed by atoms with van der Waals surface area (Å²) in [5.74, 6) is 0.531. The molecule has 1 unspecified atom stereocenters. The Morgan fingerprint density at radius 2 is 2.19 bits per heavy atom. The van der Waals surface area contributed by atoms with E-state index >= 15 is 0 Å². The zero-order valence-corrected chi connectivity index (χ0v) is 16.2. The van der Waals surface area contributed by atoms with Crippen LogP contribution in [-0.4, -0.2) is 47.7 Å². The van der Waals surface area contributed by atoms with Gasteiger partial charge >= 0.3 is 0 Å². The van der Waals surface area contributed by atoms with Gasteiger partial charge in [-0.25, -0.2) is 0 Å². The first kappa shape index (κ1) is 17.3. The van der Waals surface area contributed by atoms with Crippen LogP contribution in [0.2, 0.25) is 0 Å². The SMILES string of the molecule is O=C(c1cc2c(s1)CCC2)N1CC2(C1)OCCC2COCc1ccncc1. The first-order valence-corrected chi connectivity index (χ1v) is 10.6. The Labute approximate surface area is 163 Å². The number of amides is 1. The number of pyridine rings is 1. The molecule has 2 aromatic heterocycles. The van der Waals surface area contributed by atoms with Gasteiger partial charge in [0.05, 0.1) is 31.2 Å². The number of aryl methyl sites for hydroxylation is 2. The molecule has 2 fully saturated rings. The van der Waals surface area contributed by atoms with Gasteiger partial charge in [0.15, 0.2) is 0 Å². The monoisotopic (exact) mass is 384 g/mol. The van der Waals surface area contributed by atoms with Crippen molar-refractivity contribution in [3.63, 3.8) is 0 Å². The fourth-order valence-electron chi connectivity index (χ4n) is 4.50. The second-order valence-electron chi connectivity index (χ2n) is 7.84. The molecule has 0 aromatic carbocycles. The fourth-order valence-corrected chi connectivity index (χ4v) is 5.72. The molecular formula is C21H24N2O3S. The predicted molar refractivity (Wildman–Crippen MR) is 103 cm³/mol. The van der Waals surface area contributed by atoms with Gasteiger partial charge < -0.3 is 14.4 Å². The van der Waals surface area contributed by atoms with Crippen molar-refractivity contribution in [3.8, 4) is 0 Å². The van der Waals surface area contributed by atoms with Crippen molar-refractivity contribution in [2.24, 2.45) is 5.92 Å². The van der Waals surface area contributed by atoms with Crippen molar-refractivity contribution in [2.45, 2.75) is 37.9 Å². The quantitative estimate of drug-likeness (QED) is 0.795. The average molecular weight is 385 g/mol. The number of aromatic nitrogens is 1. The summed E-state index contributed by atoms with van der Waals surface area (Å²) in [4.78, 5) is 21.1. The number of likely N-dealkylation sites (tertiary alicyclic amines) is 1. The van der Waals surface area contributed by atoms with Crippen molar-refractivity contribution < 1.29 is 14.3 Å². The van der Waals surface area contributed by atoms with Gasteiger partial charge in [0.2, 0.25) is 0 Å². The molecule has 2 aromatic rings. The summed E-state index contributed by atoms with van der Waals surface area (Å²) >= 11 is 1.69. The standard InChI is InChI=1S/C21H24N2O3S/c24-20(19-10-16-2-1-3-18(16)27-19)23-13-21(14-23)17(6-9-26-21)12-25-11-15-4-7-22-8-5-15/h4-5,7-8,10,17H,1-3,6,9,11-14H2. The first-order valence-electron chi connectivity index (χ1n) is 9.75. The molecule has 0 bridgehead atoms. The molecule has 1 spiro atoms. The molecule has 27 heavy (non-hydrogen) atoms. The van der Waals surface area contributed by atoms with Gasteiger partial charge in [0, 0.05) is 29.8 Å². The molecule has 1 atom stereocenters. The van der Waals surface area contributed by atoms with E-state index in [-0.39, 0.29) is 11.5 Å². The molecule has 3 aliphatic rings. The van der Waals surface area contributed by atoms with Gasteiger partial charge in [0.1, 0.15) is 5.60 Å². The van der Waals surface area contributed by atoms with Crippen molar-refractivity contribution in [1.29, 1.82) is 0 Å². The van der Waals surface area contributed by atoms with Crippen LogP contribution in [0.15, 0.2) is 30.6 Å². The Hall–Kier alpha value is -1.76. The summed E-state index contributed by atoms with van der Waals surface area (Å²) < 4.78 is 12.0. The highest BCUT2D eigenvalue weighted by molar-refractivity contribution is 7.14. The van der Waals surface area contributed by atoms with Crippen molar-refractivity contribution in [1.82, 2.24) is 9.88 Å². The molecule has 142 valence electrons. The molecule has 5 nitrogen and oxygen atoms in total. The molecule has 1 aliphatic carbocycles. The Bertz CT molecular complexity index is 808. The summed E-state index contributed by atoms with van der Waals surface area (Å²) in [5.41, 5.74) is 2.32. The van der Waals surface area contributed by atoms with Crippen LogP contribution in [-0.2, 0) is 28.9 Å². The molecule has 0 radical (unpaired) electrons. The van der Waals surface area contributed by atoms with Crippen molar-refractivity contribution in [2.75, 3.05) is 26.3 Å². The molecule has 2 saturated heterocycles. The summed E-state index contributed by atoms with van der Waals surface area (Å²) in [7, 11) is 0. The number of thiophene rings is 1. The maximum atomic E-state index is 12.8. The van der Waals surface area contributed by atoms with Gasteiger partial charge in [-0.3, -0.25) is 9.78 Å². The van der Waals surface area contributed by atoms with E-state index in [9.17, 15) is 4.79 Å². The van der Waals surface area contributed by atoms with Gasteiger partial charge in [-0.1, -0.05) is 0 Å². The van der Waals surface area contributed by atoms with E-state index < -0.39 is 0 Å². The van der Waals surface area contributed by atoms with Gasteiger partial charge in [-0.05, 0) is 55.0 Å². The van der Waals surface area contributed by atoms with Crippen LogP contribution in [0, 0.1) is 5.92 Å². The van der Waals surface area contributed by atoms with Crippen LogP contribution in [0.25, 0.3) is 0 Å². The molecule has 0 saturated carbocycles. The average Bonchev–Trinajstić information content (AvgIpc) is 3.35. The van der Waals surface area contributed by atoms with Gasteiger partial charge in [0.25, 0.3) is 5.91 Å². The van der Waals surface area contributed by atoms with E-state index in [1.54, 1.807) is 23.7 Å². The van der Waals surface area contributed by atoms with Gasteiger partial charge in [-0.15, -0.1) is 11.3 Å². The molecule has 6 heteroatoms. The van der Waals surface area contributed by atoms with Crippen molar-refractivity contribution >= 4 is 17.2 Å². The van der Waals surface area contributed by atoms with E-state index in [1.165, 1.54) is 16.9 Å². The van der Waals surface area contributed by atoms with E-state index in [4.69, 9.17) is 9.47 Å². The van der Waals surface area contributed by atoms with Crippen LogP contribution >= 0.6 is 11.3 Å². The van der Waals surface area contributed by atoms with Crippen molar-refractivity contribution in [3.05, 3.63) is 51.5 Å². The Kier molecular flexibility index (Phi) is 4.50. The zero-order chi connectivity index (χ0) is 18.3. The normalized spacial score (nSPS) is 22.8. The summed E-state index contributed by atoms with van der Waals surface area (Å²) in [6.45, 7) is 3.42. The number of hydrogen-bond acceptors (Lipinski definition) is 5. The third-order valence-electron chi connectivity index (χ3n) is 6.10. The van der Waals surface area contributed by atoms with Gasteiger partial charge in [-0.2, -0.15) is 0 Å². The second-order valence-corrected chi connectivity index (χ2v) is 8.98. The molecule has 5 rings (SSSR count). The minimum Gasteiger partial charge on any atom is -0.376 e. The number of carbonyl (C=O) groups excluding carboxylic acids is 1. The smallest absolute Gasteiger partial charge is 0.264 e. The minimum atomic E-state index is -0.201. The Balaban J connectivity index is 1.17. The number of hydrogen-bond donors (Lipinski definition) is 0. The maximum absolute atomic E-state index is 12.8. The van der Waals surface area contributed by atoms with Crippen LogP contribution in [0.3, 0.4) is 0 Å². The molecular weight excluding hydrogens is 360 g/mol. The molecule has 0 N–H and O–H groups in total. The summed E-state index contributed by atoms with van der Waals surface area (Å²) in [6.07, 6.45) is 8.08. The number of nitrogens with zero attached hydrogens (tertiary/aromatic N) is 2. The van der Waals surface area contributed by atoms with E-state index in [1.807, 2.05) is 17.0 Å². The van der Waals surface area contributed by atoms with Crippen LogP contribution in [0.4, 0.5) is 0 Å². The highest BCUT2D eigenvalue weighted by atomic mass is 32.1. The molecule has 1 amide bonds. The Morgan fingerprint density at radius 1 is 1.33 bits per heavy atom. The summed E-state index contributed by atoms with van der Waals surface area (Å²) in [5, 5.41) is 0. The van der Waals surface area contributed by atoms with Crippen LogP contribution in [0.5, 0.6) is 0 Å². The number of ether oxygens (including phenoxy) is 2. The lowest BCUT2D eigenvalue weighted by Gasteiger charge is -2.50. The lowest BCUT2D eigenvalue weighted by atomic mass is 9.81. The van der Waals surface area contributed by atoms with E-state index in [0.717, 1.165) is 36.3 Å². The maximum Gasteiger partial charge on any atom is 0.264 e. The lowest BCUT2D eigenvalue weighted by Crippen LogP contribution is -2.66. The molecule has 4 heterocycles.